The van der Waals surface area contributed by atoms with Crippen molar-refractivity contribution in [3.63, 3.8) is 0 Å². The van der Waals surface area contributed by atoms with E-state index in [0.29, 0.717) is 36.6 Å². The molecule has 29 heavy (non-hydrogen) atoms. The van der Waals surface area contributed by atoms with Gasteiger partial charge in [-0.15, -0.1) is 11.3 Å². The van der Waals surface area contributed by atoms with Crippen LogP contribution in [0.4, 0.5) is 4.39 Å². The van der Waals surface area contributed by atoms with E-state index in [0.717, 1.165) is 16.3 Å². The Bertz CT molecular complexity index is 938. The molecule has 2 N–H and O–H groups in total. The van der Waals surface area contributed by atoms with Crippen LogP contribution in [0.2, 0.25) is 0 Å². The maximum Gasteiger partial charge on any atom is 0.219 e. The predicted octanol–water partition coefficient (Wildman–Crippen LogP) is 4.46. The number of hydrogen-bond acceptors (Lipinski definition) is 5. The third-order valence-corrected chi connectivity index (χ3v) is 4.95. The van der Waals surface area contributed by atoms with Crippen molar-refractivity contribution in [2.24, 2.45) is 4.99 Å². The molecule has 0 fully saturated rings. The zero-order valence-electron chi connectivity index (χ0n) is 16.6. The molecule has 0 aliphatic heterocycles. The quantitative estimate of drug-likeness (QED) is 0.442. The normalized spacial score (nSPS) is 11.6. The largest absolute Gasteiger partial charge is 0.439 e. The molecule has 2 heterocycles. The van der Waals surface area contributed by atoms with Crippen LogP contribution in [0, 0.1) is 5.82 Å². The summed E-state index contributed by atoms with van der Waals surface area (Å²) in [6.07, 6.45) is 1.73. The Morgan fingerprint density at radius 3 is 2.52 bits per heavy atom. The van der Waals surface area contributed by atoms with Gasteiger partial charge in [-0.2, -0.15) is 0 Å². The Labute approximate surface area is 173 Å². The molecule has 0 radical (unpaired) electrons. The van der Waals surface area contributed by atoms with Crippen molar-refractivity contribution >= 4 is 17.3 Å². The second-order valence-corrected chi connectivity index (χ2v) is 7.60. The molecule has 152 valence electrons. The molecule has 0 saturated heterocycles. The van der Waals surface area contributed by atoms with Crippen molar-refractivity contribution in [1.82, 2.24) is 20.6 Å². The van der Waals surface area contributed by atoms with E-state index in [4.69, 9.17) is 4.74 Å². The van der Waals surface area contributed by atoms with Gasteiger partial charge in [-0.25, -0.2) is 14.4 Å². The first-order valence-corrected chi connectivity index (χ1v) is 10.2. The molecule has 0 aliphatic carbocycles. The van der Waals surface area contributed by atoms with Gasteiger partial charge in [0.1, 0.15) is 16.6 Å². The van der Waals surface area contributed by atoms with Crippen molar-refractivity contribution in [1.29, 1.82) is 0 Å². The summed E-state index contributed by atoms with van der Waals surface area (Å²) >= 11 is 1.65. The van der Waals surface area contributed by atoms with Gasteiger partial charge in [0.15, 0.2) is 5.96 Å². The molecule has 2 aromatic heterocycles. The van der Waals surface area contributed by atoms with Gasteiger partial charge in [-0.05, 0) is 35.7 Å². The molecule has 0 saturated carbocycles. The number of rotatable bonds is 7. The summed E-state index contributed by atoms with van der Waals surface area (Å²) in [6, 6.07) is 9.52. The van der Waals surface area contributed by atoms with E-state index in [1.807, 2.05) is 6.07 Å². The molecule has 1 aromatic carbocycles. The molecule has 3 aromatic rings. The van der Waals surface area contributed by atoms with E-state index in [9.17, 15) is 4.39 Å². The highest BCUT2D eigenvalue weighted by molar-refractivity contribution is 7.09. The Hall–Kier alpha value is -3.00. The van der Waals surface area contributed by atoms with Gasteiger partial charge < -0.3 is 15.4 Å². The minimum absolute atomic E-state index is 0.302. The highest BCUT2D eigenvalue weighted by atomic mass is 32.1. The monoisotopic (exact) mass is 413 g/mol. The predicted molar refractivity (Wildman–Crippen MR) is 114 cm³/mol. The topological polar surface area (TPSA) is 71.4 Å². The number of halogens is 1. The minimum atomic E-state index is -0.302. The lowest BCUT2D eigenvalue weighted by Crippen LogP contribution is -2.36. The standard InChI is InChI=1S/C21H24FN5OS/c1-14(2)18-13-29-20(27-18)12-26-21(23-3)25-11-15-4-9-19(24-10-15)28-17-7-5-16(22)6-8-17/h4-10,13-14H,11-12H2,1-3H3,(H2,23,25,26). The van der Waals surface area contributed by atoms with Crippen molar-refractivity contribution in [2.75, 3.05) is 7.05 Å². The zero-order valence-corrected chi connectivity index (χ0v) is 17.5. The van der Waals surface area contributed by atoms with E-state index in [1.54, 1.807) is 42.8 Å². The molecule has 3 rings (SSSR count). The summed E-state index contributed by atoms with van der Waals surface area (Å²) in [5, 5.41) is 9.65. The number of pyridine rings is 1. The van der Waals surface area contributed by atoms with Gasteiger partial charge in [-0.3, -0.25) is 4.99 Å². The molecular formula is C21H24FN5OS. The lowest BCUT2D eigenvalue weighted by molar-refractivity contribution is 0.461. The number of nitrogens with one attached hydrogen (secondary N) is 2. The average Bonchev–Trinajstić information content (AvgIpc) is 3.20. The van der Waals surface area contributed by atoms with E-state index in [1.165, 1.54) is 12.1 Å². The second-order valence-electron chi connectivity index (χ2n) is 6.66. The Morgan fingerprint density at radius 2 is 1.90 bits per heavy atom. The van der Waals surface area contributed by atoms with Gasteiger partial charge in [-0.1, -0.05) is 19.9 Å². The molecule has 0 atom stereocenters. The number of guanidine groups is 1. The maximum atomic E-state index is 12.9. The number of aliphatic imine (C=N–C) groups is 1. The third kappa shape index (κ3) is 6.25. The number of benzene rings is 1. The van der Waals surface area contributed by atoms with Crippen LogP contribution in [-0.2, 0) is 13.1 Å². The van der Waals surface area contributed by atoms with Gasteiger partial charge in [0.25, 0.3) is 0 Å². The van der Waals surface area contributed by atoms with Gasteiger partial charge in [0.2, 0.25) is 5.88 Å². The van der Waals surface area contributed by atoms with Crippen molar-refractivity contribution in [3.8, 4) is 11.6 Å². The van der Waals surface area contributed by atoms with Crippen molar-refractivity contribution < 1.29 is 9.13 Å². The molecule has 6 nitrogen and oxygen atoms in total. The van der Waals surface area contributed by atoms with Crippen molar-refractivity contribution in [2.45, 2.75) is 32.9 Å². The van der Waals surface area contributed by atoms with Gasteiger partial charge in [0, 0.05) is 31.2 Å². The molecular weight excluding hydrogens is 389 g/mol. The number of hydrogen-bond donors (Lipinski definition) is 2. The van der Waals surface area contributed by atoms with E-state index in [2.05, 4.69) is 44.8 Å². The Kier molecular flexibility index (Phi) is 7.13. The number of aromatic nitrogens is 2. The molecule has 0 amide bonds. The lowest BCUT2D eigenvalue weighted by atomic mass is 10.2. The smallest absolute Gasteiger partial charge is 0.219 e. The Balaban J connectivity index is 1.48. The third-order valence-electron chi connectivity index (χ3n) is 4.09. The number of ether oxygens (including phenoxy) is 1. The molecule has 8 heteroatoms. The van der Waals surface area contributed by atoms with Crippen LogP contribution < -0.4 is 15.4 Å². The fraction of sp³-hybridized carbons (Fsp3) is 0.286. The first kappa shape index (κ1) is 20.7. The van der Waals surface area contributed by atoms with Crippen LogP contribution in [-0.4, -0.2) is 23.0 Å². The summed E-state index contributed by atoms with van der Waals surface area (Å²) in [4.78, 5) is 13.1. The first-order valence-electron chi connectivity index (χ1n) is 9.30. The zero-order chi connectivity index (χ0) is 20.6. The van der Waals surface area contributed by atoms with Gasteiger partial charge in [0.05, 0.1) is 12.2 Å². The fourth-order valence-corrected chi connectivity index (χ4v) is 3.33. The lowest BCUT2D eigenvalue weighted by Gasteiger charge is -2.11. The van der Waals surface area contributed by atoms with E-state index >= 15 is 0 Å². The van der Waals surface area contributed by atoms with Crippen LogP contribution in [0.25, 0.3) is 0 Å². The van der Waals surface area contributed by atoms with Crippen LogP contribution >= 0.6 is 11.3 Å². The Morgan fingerprint density at radius 1 is 1.14 bits per heavy atom. The van der Waals surface area contributed by atoms with Crippen LogP contribution in [0.15, 0.2) is 53.0 Å². The summed E-state index contributed by atoms with van der Waals surface area (Å²) < 4.78 is 18.5. The van der Waals surface area contributed by atoms with Gasteiger partial charge >= 0.3 is 0 Å². The molecule has 0 spiro atoms. The summed E-state index contributed by atoms with van der Waals surface area (Å²) in [5.74, 6) is 1.81. The molecule has 0 unspecified atom stereocenters. The van der Waals surface area contributed by atoms with E-state index < -0.39 is 0 Å². The minimum Gasteiger partial charge on any atom is -0.439 e. The van der Waals surface area contributed by atoms with Crippen LogP contribution in [0.3, 0.4) is 0 Å². The summed E-state index contributed by atoms with van der Waals surface area (Å²) in [7, 11) is 1.73. The van der Waals surface area contributed by atoms with Crippen LogP contribution in [0.5, 0.6) is 11.6 Å². The first-order chi connectivity index (χ1) is 14.0. The summed E-state index contributed by atoms with van der Waals surface area (Å²) in [6.45, 7) is 5.46. The van der Waals surface area contributed by atoms with E-state index in [-0.39, 0.29) is 5.82 Å². The number of nitrogens with zero attached hydrogens (tertiary/aromatic N) is 3. The average molecular weight is 414 g/mol. The van der Waals surface area contributed by atoms with Crippen molar-refractivity contribution in [3.05, 3.63) is 70.1 Å². The highest BCUT2D eigenvalue weighted by Crippen LogP contribution is 2.19. The molecule has 0 aliphatic rings. The van der Waals surface area contributed by atoms with Crippen LogP contribution in [0.1, 0.15) is 36.0 Å². The summed E-state index contributed by atoms with van der Waals surface area (Å²) in [5.41, 5.74) is 2.10. The second kappa shape index (κ2) is 9.97. The fourth-order valence-electron chi connectivity index (χ4n) is 2.44. The highest BCUT2D eigenvalue weighted by Gasteiger charge is 2.07. The number of thiazole rings is 1. The maximum absolute atomic E-state index is 12.9. The molecule has 0 bridgehead atoms. The SMILES string of the molecule is CN=C(NCc1ccc(Oc2ccc(F)cc2)nc1)NCc1nc(C(C)C)cs1.